The maximum atomic E-state index is 12.5. The zero-order valence-corrected chi connectivity index (χ0v) is 16.0. The Balaban J connectivity index is 0.000000438. The highest BCUT2D eigenvalue weighted by Gasteiger charge is 2.29. The van der Waals surface area contributed by atoms with Crippen molar-refractivity contribution in [2.24, 2.45) is 0 Å². The second-order valence-corrected chi connectivity index (χ2v) is 7.82. The molecule has 1 aliphatic rings. The van der Waals surface area contributed by atoms with E-state index < -0.39 is 22.0 Å². The number of nitrogens with zero attached hydrogens (tertiary/aromatic N) is 3. The molecule has 0 spiro atoms. The van der Waals surface area contributed by atoms with Gasteiger partial charge >= 0.3 is 11.9 Å². The molecule has 11 nitrogen and oxygen atoms in total. The molecule has 2 aromatic rings. The number of Topliss-reactive ketones (excluding diaryl/α,β-unsaturated/α-hetero) is 1. The molecular formula is C17H19N3O8S. The van der Waals surface area contributed by atoms with Crippen LogP contribution in [0.4, 0.5) is 0 Å². The molecule has 1 fully saturated rings. The fraction of sp³-hybridized carbons (Fsp3) is 0.294. The van der Waals surface area contributed by atoms with Gasteiger partial charge in [0.05, 0.1) is 12.8 Å². The molecule has 2 N–H and O–H groups in total. The largest absolute Gasteiger partial charge is 0.473 e. The summed E-state index contributed by atoms with van der Waals surface area (Å²) in [5.74, 6) is -3.42. The third kappa shape index (κ3) is 6.20. The van der Waals surface area contributed by atoms with Crippen molar-refractivity contribution in [2.45, 2.75) is 4.90 Å². The quantitative estimate of drug-likeness (QED) is 0.494. The summed E-state index contributed by atoms with van der Waals surface area (Å²) in [6, 6.07) is 6.44. The van der Waals surface area contributed by atoms with Gasteiger partial charge in [-0.2, -0.15) is 4.31 Å². The van der Waals surface area contributed by atoms with Gasteiger partial charge in [-0.1, -0.05) is 0 Å². The van der Waals surface area contributed by atoms with Crippen molar-refractivity contribution in [2.75, 3.05) is 32.7 Å². The normalized spacial score (nSPS) is 15.2. The first kappa shape index (κ1) is 22.2. The zero-order chi connectivity index (χ0) is 21.4. The summed E-state index contributed by atoms with van der Waals surface area (Å²) < 4.78 is 31.5. The first-order valence-electron chi connectivity index (χ1n) is 8.37. The van der Waals surface area contributed by atoms with Crippen molar-refractivity contribution >= 4 is 27.7 Å². The predicted molar refractivity (Wildman–Crippen MR) is 97.7 cm³/mol. The summed E-state index contributed by atoms with van der Waals surface area (Å²) in [5.41, 5.74) is 0. The van der Waals surface area contributed by atoms with Crippen molar-refractivity contribution in [3.8, 4) is 0 Å². The fourth-order valence-corrected chi connectivity index (χ4v) is 3.88. The lowest BCUT2D eigenvalue weighted by molar-refractivity contribution is -0.159. The number of carboxylic acid groups (broad SMARTS) is 2. The fourth-order valence-electron chi connectivity index (χ4n) is 2.49. The number of aliphatic carboxylic acids is 2. The van der Waals surface area contributed by atoms with Crippen LogP contribution in [0.15, 0.2) is 52.2 Å². The molecule has 0 atom stereocenters. The van der Waals surface area contributed by atoms with Crippen LogP contribution in [0.5, 0.6) is 0 Å². The van der Waals surface area contributed by atoms with Crippen LogP contribution in [-0.2, 0) is 19.6 Å². The molecule has 2 aromatic heterocycles. The van der Waals surface area contributed by atoms with Crippen LogP contribution in [0.1, 0.15) is 10.6 Å². The molecular weight excluding hydrogens is 406 g/mol. The molecule has 0 bridgehead atoms. The minimum absolute atomic E-state index is 0.0985. The lowest BCUT2D eigenvalue weighted by atomic mass is 10.2. The molecule has 0 unspecified atom stereocenters. The molecule has 0 aromatic carbocycles. The Morgan fingerprint density at radius 2 is 1.69 bits per heavy atom. The number of carbonyl (C=O) groups is 3. The van der Waals surface area contributed by atoms with E-state index in [9.17, 15) is 13.2 Å². The Morgan fingerprint density at radius 1 is 1.03 bits per heavy atom. The summed E-state index contributed by atoms with van der Waals surface area (Å²) in [4.78, 5) is 36.2. The number of sulfonamides is 1. The van der Waals surface area contributed by atoms with Crippen LogP contribution in [0.25, 0.3) is 0 Å². The maximum absolute atomic E-state index is 12.5. The molecule has 3 heterocycles. The van der Waals surface area contributed by atoms with Crippen LogP contribution in [-0.4, -0.2) is 83.3 Å². The molecule has 12 heteroatoms. The van der Waals surface area contributed by atoms with Gasteiger partial charge in [0.25, 0.3) is 0 Å². The average Bonchev–Trinajstić information content (AvgIpc) is 3.24. The second kappa shape index (κ2) is 9.91. The van der Waals surface area contributed by atoms with Crippen molar-refractivity contribution in [3.05, 3.63) is 48.7 Å². The summed E-state index contributed by atoms with van der Waals surface area (Å²) in [7, 11) is -3.52. The van der Waals surface area contributed by atoms with Gasteiger partial charge in [-0.15, -0.1) is 0 Å². The molecule has 1 aliphatic heterocycles. The van der Waals surface area contributed by atoms with Crippen molar-refractivity contribution in [1.29, 1.82) is 0 Å². The third-order valence-electron chi connectivity index (χ3n) is 3.95. The van der Waals surface area contributed by atoms with E-state index in [1.807, 2.05) is 4.90 Å². The first-order valence-corrected chi connectivity index (χ1v) is 9.81. The lowest BCUT2D eigenvalue weighted by Crippen LogP contribution is -2.49. The lowest BCUT2D eigenvalue weighted by Gasteiger charge is -2.33. The van der Waals surface area contributed by atoms with Gasteiger partial charge in [-0.05, 0) is 24.3 Å². The van der Waals surface area contributed by atoms with E-state index in [0.717, 1.165) is 0 Å². The summed E-state index contributed by atoms with van der Waals surface area (Å²) in [5, 5.41) is 14.8. The van der Waals surface area contributed by atoms with Crippen LogP contribution in [0, 0.1) is 0 Å². The Hall–Kier alpha value is -3.09. The van der Waals surface area contributed by atoms with Crippen LogP contribution in [0.2, 0.25) is 0 Å². The van der Waals surface area contributed by atoms with Gasteiger partial charge in [0.15, 0.2) is 5.76 Å². The third-order valence-corrected chi connectivity index (χ3v) is 5.83. The maximum Gasteiger partial charge on any atom is 0.414 e. The van der Waals surface area contributed by atoms with Gasteiger partial charge in [-0.25, -0.2) is 18.0 Å². The Kier molecular flexibility index (Phi) is 7.59. The van der Waals surface area contributed by atoms with Crippen LogP contribution in [0.3, 0.4) is 0 Å². The molecule has 0 saturated carbocycles. The monoisotopic (exact) mass is 425 g/mol. The summed E-state index contributed by atoms with van der Waals surface area (Å²) in [6.45, 7) is 1.94. The molecule has 3 rings (SSSR count). The van der Waals surface area contributed by atoms with Crippen LogP contribution < -0.4 is 0 Å². The highest BCUT2D eigenvalue weighted by molar-refractivity contribution is 7.89. The Labute approximate surface area is 166 Å². The SMILES string of the molecule is O=C(CN1CCN(S(=O)(=O)c2cccnc2)CC1)c1ccco1.O=C(O)C(=O)O. The van der Waals surface area contributed by atoms with Crippen molar-refractivity contribution < 1.29 is 37.4 Å². The number of hydrogen-bond donors (Lipinski definition) is 2. The van der Waals surface area contributed by atoms with E-state index >= 15 is 0 Å². The van der Waals surface area contributed by atoms with E-state index in [0.29, 0.717) is 31.9 Å². The van der Waals surface area contributed by atoms with E-state index in [2.05, 4.69) is 4.98 Å². The Morgan fingerprint density at radius 3 is 2.17 bits per heavy atom. The molecule has 0 aliphatic carbocycles. The van der Waals surface area contributed by atoms with Gasteiger partial charge in [0, 0.05) is 38.6 Å². The van der Waals surface area contributed by atoms with Gasteiger partial charge in [-0.3, -0.25) is 14.7 Å². The minimum Gasteiger partial charge on any atom is -0.473 e. The highest BCUT2D eigenvalue weighted by atomic mass is 32.2. The smallest absolute Gasteiger partial charge is 0.414 e. The van der Waals surface area contributed by atoms with Crippen molar-refractivity contribution in [1.82, 2.24) is 14.2 Å². The van der Waals surface area contributed by atoms with E-state index in [1.54, 1.807) is 18.2 Å². The number of carboxylic acids is 2. The topological polar surface area (TPSA) is 158 Å². The number of hydrogen-bond acceptors (Lipinski definition) is 8. The predicted octanol–water partition coefficient (Wildman–Crippen LogP) is 0.0194. The van der Waals surface area contributed by atoms with E-state index in [1.165, 1.54) is 29.0 Å². The number of carbonyl (C=O) groups excluding carboxylic acids is 1. The molecule has 1 saturated heterocycles. The number of ketones is 1. The molecule has 0 radical (unpaired) electrons. The number of piperazine rings is 1. The summed E-state index contributed by atoms with van der Waals surface area (Å²) >= 11 is 0. The number of furan rings is 1. The van der Waals surface area contributed by atoms with E-state index in [4.69, 9.17) is 24.2 Å². The van der Waals surface area contributed by atoms with Gasteiger partial charge in [0.1, 0.15) is 4.90 Å². The standard InChI is InChI=1S/C15H17N3O4S.C2H2O4/c19-14(15-4-2-10-22-15)12-17-6-8-18(9-7-17)23(20,21)13-3-1-5-16-11-13;3-1(4)2(5)6/h1-5,10-11H,6-9,12H2;(H,3,4)(H,5,6). The van der Waals surface area contributed by atoms with Gasteiger partial charge < -0.3 is 14.6 Å². The van der Waals surface area contributed by atoms with Gasteiger partial charge in [0.2, 0.25) is 15.8 Å². The zero-order valence-electron chi connectivity index (χ0n) is 15.2. The Bertz CT molecular complexity index is 924. The second-order valence-electron chi connectivity index (χ2n) is 5.88. The first-order chi connectivity index (χ1) is 13.7. The molecule has 156 valence electrons. The molecule has 29 heavy (non-hydrogen) atoms. The van der Waals surface area contributed by atoms with Crippen molar-refractivity contribution in [3.63, 3.8) is 0 Å². The van der Waals surface area contributed by atoms with Crippen LogP contribution >= 0.6 is 0 Å². The number of aromatic nitrogens is 1. The summed E-state index contributed by atoms with van der Waals surface area (Å²) in [6.07, 6.45) is 4.35. The van der Waals surface area contributed by atoms with E-state index in [-0.39, 0.29) is 17.2 Å². The number of pyridine rings is 1. The minimum atomic E-state index is -3.52. The molecule has 0 amide bonds. The highest BCUT2D eigenvalue weighted by Crippen LogP contribution is 2.16. The average molecular weight is 425 g/mol. The number of rotatable bonds is 5.